The molecule has 0 fully saturated rings. The highest BCUT2D eigenvalue weighted by Crippen LogP contribution is 2.22. The van der Waals surface area contributed by atoms with Crippen molar-refractivity contribution in [3.8, 4) is 0 Å². The first-order chi connectivity index (χ1) is 8.69. The molecule has 18 heavy (non-hydrogen) atoms. The van der Waals surface area contributed by atoms with Crippen LogP contribution < -0.4 is 11.3 Å². The van der Waals surface area contributed by atoms with Crippen LogP contribution >= 0.6 is 31.9 Å². The van der Waals surface area contributed by atoms with Gasteiger partial charge in [-0.1, -0.05) is 28.1 Å². The Bertz CT molecular complexity index is 531. The first-order valence-corrected chi connectivity index (χ1v) is 7.08. The molecular formula is C13H13Br2N3. The van der Waals surface area contributed by atoms with Crippen LogP contribution in [-0.4, -0.2) is 4.98 Å². The summed E-state index contributed by atoms with van der Waals surface area (Å²) in [6, 6.07) is 10.2. The Morgan fingerprint density at radius 2 is 2.00 bits per heavy atom. The zero-order valence-corrected chi connectivity index (χ0v) is 12.8. The van der Waals surface area contributed by atoms with Crippen LogP contribution in [0.4, 0.5) is 0 Å². The highest BCUT2D eigenvalue weighted by molar-refractivity contribution is 9.10. The number of halogens is 2. The Balaban J connectivity index is 2.19. The largest absolute Gasteiger partial charge is 0.271 e. The Hall–Kier alpha value is -0.750. The van der Waals surface area contributed by atoms with Gasteiger partial charge in [0, 0.05) is 21.3 Å². The second kappa shape index (κ2) is 6.43. The van der Waals surface area contributed by atoms with Crippen molar-refractivity contribution in [3.05, 3.63) is 62.8 Å². The van der Waals surface area contributed by atoms with Gasteiger partial charge >= 0.3 is 0 Å². The number of hydrazine groups is 1. The zero-order chi connectivity index (χ0) is 13.0. The number of hydrogen-bond acceptors (Lipinski definition) is 3. The molecule has 3 nitrogen and oxygen atoms in total. The van der Waals surface area contributed by atoms with Crippen LogP contribution in [0.25, 0.3) is 0 Å². The van der Waals surface area contributed by atoms with E-state index in [1.807, 2.05) is 18.3 Å². The van der Waals surface area contributed by atoms with Crippen LogP contribution in [0.1, 0.15) is 17.2 Å². The monoisotopic (exact) mass is 369 g/mol. The fourth-order valence-electron chi connectivity index (χ4n) is 1.80. The van der Waals surface area contributed by atoms with Crippen molar-refractivity contribution >= 4 is 31.9 Å². The highest BCUT2D eigenvalue weighted by atomic mass is 79.9. The van der Waals surface area contributed by atoms with Crippen LogP contribution in [0, 0.1) is 0 Å². The summed E-state index contributed by atoms with van der Waals surface area (Å²) in [5, 5.41) is 0. The third kappa shape index (κ3) is 3.62. The lowest BCUT2D eigenvalue weighted by Gasteiger charge is -2.16. The number of nitrogens with two attached hydrogens (primary N) is 1. The van der Waals surface area contributed by atoms with E-state index in [-0.39, 0.29) is 6.04 Å². The second-order valence-corrected chi connectivity index (χ2v) is 5.82. The topological polar surface area (TPSA) is 50.9 Å². The molecule has 0 aliphatic heterocycles. The summed E-state index contributed by atoms with van der Waals surface area (Å²) >= 11 is 6.89. The summed E-state index contributed by atoms with van der Waals surface area (Å²) in [5.74, 6) is 5.64. The summed E-state index contributed by atoms with van der Waals surface area (Å²) in [4.78, 5) is 4.16. The van der Waals surface area contributed by atoms with E-state index in [0.29, 0.717) is 0 Å². The predicted molar refractivity (Wildman–Crippen MR) is 79.8 cm³/mol. The first-order valence-electron chi connectivity index (χ1n) is 5.50. The minimum Gasteiger partial charge on any atom is -0.271 e. The van der Waals surface area contributed by atoms with Gasteiger partial charge in [-0.2, -0.15) is 0 Å². The molecule has 0 saturated heterocycles. The molecule has 0 amide bonds. The molecule has 1 heterocycles. The maximum Gasteiger partial charge on any atom is 0.0501 e. The molecule has 1 aromatic carbocycles. The van der Waals surface area contributed by atoms with Crippen LogP contribution in [0.5, 0.6) is 0 Å². The third-order valence-electron chi connectivity index (χ3n) is 2.65. The lowest BCUT2D eigenvalue weighted by molar-refractivity contribution is 0.551. The molecule has 0 aliphatic carbocycles. The van der Waals surface area contributed by atoms with Crippen molar-refractivity contribution in [1.29, 1.82) is 0 Å². The Labute approximate surface area is 123 Å². The molecule has 3 N–H and O–H groups in total. The number of rotatable bonds is 4. The van der Waals surface area contributed by atoms with Gasteiger partial charge in [0.25, 0.3) is 0 Å². The summed E-state index contributed by atoms with van der Waals surface area (Å²) in [5.41, 5.74) is 5.13. The van der Waals surface area contributed by atoms with Crippen LogP contribution in [0.2, 0.25) is 0 Å². The number of hydrogen-bond donors (Lipinski definition) is 2. The average Bonchev–Trinajstić information content (AvgIpc) is 2.36. The van der Waals surface area contributed by atoms with Gasteiger partial charge in [0.2, 0.25) is 0 Å². The van der Waals surface area contributed by atoms with Crippen molar-refractivity contribution < 1.29 is 0 Å². The van der Waals surface area contributed by atoms with E-state index in [0.717, 1.165) is 26.5 Å². The number of aromatic nitrogens is 1. The molecule has 1 atom stereocenters. The summed E-state index contributed by atoms with van der Waals surface area (Å²) in [6.07, 6.45) is 4.42. The van der Waals surface area contributed by atoms with E-state index in [2.05, 4.69) is 60.5 Å². The molecule has 5 heteroatoms. The van der Waals surface area contributed by atoms with Gasteiger partial charge in [-0.25, -0.2) is 0 Å². The molecule has 2 aromatic rings. The maximum absolute atomic E-state index is 5.64. The number of nitrogens with zero attached hydrogens (tertiary/aromatic N) is 1. The fourth-order valence-corrected chi connectivity index (χ4v) is 2.63. The SMILES string of the molecule is NNC(Cc1cncc(Br)c1)c1cccc(Br)c1. The Kier molecular flexibility index (Phi) is 4.88. The van der Waals surface area contributed by atoms with Crippen molar-refractivity contribution in [2.45, 2.75) is 12.5 Å². The standard InChI is InChI=1S/C13H13Br2N3/c14-11-3-1-2-10(6-11)13(18-16)5-9-4-12(15)8-17-7-9/h1-4,6-8,13,18H,5,16H2. The first kappa shape index (κ1) is 13.7. The summed E-state index contributed by atoms with van der Waals surface area (Å²) in [7, 11) is 0. The quantitative estimate of drug-likeness (QED) is 0.640. The summed E-state index contributed by atoms with van der Waals surface area (Å²) < 4.78 is 2.03. The molecule has 1 aromatic heterocycles. The van der Waals surface area contributed by atoms with Crippen molar-refractivity contribution in [3.63, 3.8) is 0 Å². The van der Waals surface area contributed by atoms with Crippen LogP contribution in [-0.2, 0) is 6.42 Å². The van der Waals surface area contributed by atoms with Gasteiger partial charge in [0.1, 0.15) is 0 Å². The van der Waals surface area contributed by atoms with Crippen molar-refractivity contribution in [2.75, 3.05) is 0 Å². The molecule has 0 bridgehead atoms. The lowest BCUT2D eigenvalue weighted by atomic mass is 10.0. The molecule has 0 aliphatic rings. The molecule has 0 saturated carbocycles. The van der Waals surface area contributed by atoms with Gasteiger partial charge in [-0.3, -0.25) is 16.3 Å². The van der Waals surface area contributed by atoms with E-state index >= 15 is 0 Å². The molecule has 94 valence electrons. The van der Waals surface area contributed by atoms with Gasteiger partial charge in [0.15, 0.2) is 0 Å². The van der Waals surface area contributed by atoms with Gasteiger partial charge in [0.05, 0.1) is 6.04 Å². The molecule has 0 radical (unpaired) electrons. The van der Waals surface area contributed by atoms with E-state index in [9.17, 15) is 0 Å². The van der Waals surface area contributed by atoms with Gasteiger partial charge in [-0.05, 0) is 51.7 Å². The minimum absolute atomic E-state index is 0.0681. The number of nitrogens with one attached hydrogen (secondary N) is 1. The third-order valence-corrected chi connectivity index (χ3v) is 3.58. The van der Waals surface area contributed by atoms with E-state index in [4.69, 9.17) is 5.84 Å². The van der Waals surface area contributed by atoms with Crippen molar-refractivity contribution in [1.82, 2.24) is 10.4 Å². The predicted octanol–water partition coefficient (Wildman–Crippen LogP) is 3.35. The molecule has 1 unspecified atom stereocenters. The van der Waals surface area contributed by atoms with Gasteiger partial charge < -0.3 is 0 Å². The highest BCUT2D eigenvalue weighted by Gasteiger charge is 2.11. The van der Waals surface area contributed by atoms with E-state index in [1.165, 1.54) is 0 Å². The summed E-state index contributed by atoms with van der Waals surface area (Å²) in [6.45, 7) is 0. The molecule has 2 rings (SSSR count). The van der Waals surface area contributed by atoms with Crippen LogP contribution in [0.15, 0.2) is 51.7 Å². The number of benzene rings is 1. The van der Waals surface area contributed by atoms with Crippen molar-refractivity contribution in [2.24, 2.45) is 5.84 Å². The molecule has 0 spiro atoms. The minimum atomic E-state index is 0.0681. The van der Waals surface area contributed by atoms with E-state index < -0.39 is 0 Å². The van der Waals surface area contributed by atoms with E-state index in [1.54, 1.807) is 6.20 Å². The van der Waals surface area contributed by atoms with Crippen LogP contribution in [0.3, 0.4) is 0 Å². The van der Waals surface area contributed by atoms with Gasteiger partial charge in [-0.15, -0.1) is 0 Å². The smallest absolute Gasteiger partial charge is 0.0501 e. The fraction of sp³-hybridized carbons (Fsp3) is 0.154. The molecular weight excluding hydrogens is 358 g/mol. The lowest BCUT2D eigenvalue weighted by Crippen LogP contribution is -2.29. The second-order valence-electron chi connectivity index (χ2n) is 3.99. The zero-order valence-electron chi connectivity index (χ0n) is 9.61. The number of pyridine rings is 1. The normalized spacial score (nSPS) is 12.4. The Morgan fingerprint density at radius 3 is 2.67 bits per heavy atom. The average molecular weight is 371 g/mol. The Morgan fingerprint density at radius 1 is 1.17 bits per heavy atom. The maximum atomic E-state index is 5.64.